The molecular weight excluding hydrogens is 240 g/mol. The molecule has 4 heteroatoms. The van der Waals surface area contributed by atoms with Crippen molar-refractivity contribution in [3.05, 3.63) is 42.1 Å². The Morgan fingerprint density at radius 2 is 1.84 bits per heavy atom. The van der Waals surface area contributed by atoms with Crippen molar-refractivity contribution >= 4 is 5.69 Å². The fraction of sp³-hybridized carbons (Fsp3) is 0.267. The van der Waals surface area contributed by atoms with Gasteiger partial charge in [-0.2, -0.15) is 0 Å². The minimum atomic E-state index is 0.491. The molecule has 0 fully saturated rings. The Morgan fingerprint density at radius 3 is 2.47 bits per heavy atom. The molecule has 0 amide bonds. The van der Waals surface area contributed by atoms with Crippen LogP contribution in [0.3, 0.4) is 0 Å². The second kappa shape index (κ2) is 6.09. The van der Waals surface area contributed by atoms with Gasteiger partial charge in [-0.15, -0.1) is 0 Å². The molecule has 0 aliphatic heterocycles. The average Bonchev–Trinajstić information content (AvgIpc) is 2.42. The van der Waals surface area contributed by atoms with Gasteiger partial charge in [-0.1, -0.05) is 6.92 Å². The van der Waals surface area contributed by atoms with Crippen LogP contribution in [0.2, 0.25) is 0 Å². The Morgan fingerprint density at radius 1 is 1.16 bits per heavy atom. The quantitative estimate of drug-likeness (QED) is 0.891. The number of anilines is 1. The topological polar surface area (TPSA) is 57.4 Å². The van der Waals surface area contributed by atoms with Gasteiger partial charge in [0.05, 0.1) is 6.61 Å². The normalized spacial score (nSPS) is 10.2. The second-order valence-electron chi connectivity index (χ2n) is 4.30. The highest BCUT2D eigenvalue weighted by atomic mass is 16.5. The van der Waals surface area contributed by atoms with Crippen molar-refractivity contribution < 1.29 is 9.47 Å². The molecule has 0 spiro atoms. The minimum absolute atomic E-state index is 0.491. The lowest BCUT2D eigenvalue weighted by molar-refractivity contribution is 0.317. The van der Waals surface area contributed by atoms with E-state index in [9.17, 15) is 0 Å². The summed E-state index contributed by atoms with van der Waals surface area (Å²) >= 11 is 0. The zero-order valence-electron chi connectivity index (χ0n) is 11.2. The van der Waals surface area contributed by atoms with E-state index in [1.807, 2.05) is 31.2 Å². The molecule has 0 saturated carbocycles. The summed E-state index contributed by atoms with van der Waals surface area (Å²) in [5.74, 6) is 2.04. The molecule has 0 radical (unpaired) electrons. The first kappa shape index (κ1) is 13.2. The summed E-state index contributed by atoms with van der Waals surface area (Å²) in [6.07, 6.45) is 2.69. The number of ether oxygens (including phenoxy) is 2. The van der Waals surface area contributed by atoms with Gasteiger partial charge in [-0.25, -0.2) is 4.98 Å². The number of nitrogen functional groups attached to an aromatic ring is 1. The molecule has 1 aromatic heterocycles. The SMILES string of the molecule is CCCOc1ccc(Oc2cc(N)c(C)cn2)cc1. The van der Waals surface area contributed by atoms with Gasteiger partial charge in [0.2, 0.25) is 5.88 Å². The van der Waals surface area contributed by atoms with Gasteiger partial charge < -0.3 is 15.2 Å². The summed E-state index contributed by atoms with van der Waals surface area (Å²) in [6.45, 7) is 4.70. The molecule has 0 atom stereocenters. The van der Waals surface area contributed by atoms with Crippen LogP contribution in [0.25, 0.3) is 0 Å². The van der Waals surface area contributed by atoms with E-state index in [1.165, 1.54) is 0 Å². The Bertz CT molecular complexity index is 538. The first-order valence-corrected chi connectivity index (χ1v) is 6.32. The fourth-order valence-corrected chi connectivity index (χ4v) is 1.52. The smallest absolute Gasteiger partial charge is 0.221 e. The minimum Gasteiger partial charge on any atom is -0.494 e. The van der Waals surface area contributed by atoms with Crippen LogP contribution in [0.5, 0.6) is 17.4 Å². The zero-order valence-corrected chi connectivity index (χ0v) is 11.2. The first-order valence-electron chi connectivity index (χ1n) is 6.32. The predicted molar refractivity (Wildman–Crippen MR) is 75.7 cm³/mol. The average molecular weight is 258 g/mol. The zero-order chi connectivity index (χ0) is 13.7. The lowest BCUT2D eigenvalue weighted by atomic mass is 10.3. The third kappa shape index (κ3) is 3.61. The van der Waals surface area contributed by atoms with Gasteiger partial charge in [-0.3, -0.25) is 0 Å². The molecule has 2 aromatic rings. The highest BCUT2D eigenvalue weighted by Gasteiger charge is 2.02. The second-order valence-corrected chi connectivity index (χ2v) is 4.30. The molecule has 0 bridgehead atoms. The van der Waals surface area contributed by atoms with E-state index in [2.05, 4.69) is 11.9 Å². The highest BCUT2D eigenvalue weighted by Crippen LogP contribution is 2.24. The number of nitrogens with two attached hydrogens (primary N) is 1. The van der Waals surface area contributed by atoms with Gasteiger partial charge in [0, 0.05) is 18.0 Å². The van der Waals surface area contributed by atoms with Crippen LogP contribution in [-0.2, 0) is 0 Å². The summed E-state index contributed by atoms with van der Waals surface area (Å²) in [5, 5.41) is 0. The maximum atomic E-state index is 5.81. The van der Waals surface area contributed by atoms with Crippen molar-refractivity contribution in [2.75, 3.05) is 12.3 Å². The number of aromatic nitrogens is 1. The monoisotopic (exact) mass is 258 g/mol. The lowest BCUT2D eigenvalue weighted by Gasteiger charge is -2.08. The van der Waals surface area contributed by atoms with Crippen molar-refractivity contribution in [1.82, 2.24) is 4.98 Å². The molecule has 0 saturated heterocycles. The molecule has 4 nitrogen and oxygen atoms in total. The van der Waals surface area contributed by atoms with Crippen LogP contribution in [0.1, 0.15) is 18.9 Å². The van der Waals surface area contributed by atoms with E-state index in [4.69, 9.17) is 15.2 Å². The Labute approximate surface area is 113 Å². The molecular formula is C15H18N2O2. The van der Waals surface area contributed by atoms with Crippen LogP contribution in [-0.4, -0.2) is 11.6 Å². The molecule has 2 N–H and O–H groups in total. The van der Waals surface area contributed by atoms with Crippen LogP contribution in [0.15, 0.2) is 36.5 Å². The number of aryl methyl sites for hydroxylation is 1. The molecule has 100 valence electrons. The largest absolute Gasteiger partial charge is 0.494 e. The van der Waals surface area contributed by atoms with E-state index >= 15 is 0 Å². The maximum absolute atomic E-state index is 5.81. The van der Waals surface area contributed by atoms with Gasteiger partial charge in [0.25, 0.3) is 0 Å². The Balaban J connectivity index is 2.04. The van der Waals surface area contributed by atoms with Gasteiger partial charge in [-0.05, 0) is 43.2 Å². The molecule has 1 aromatic carbocycles. The van der Waals surface area contributed by atoms with E-state index in [0.29, 0.717) is 17.3 Å². The molecule has 0 unspecified atom stereocenters. The van der Waals surface area contributed by atoms with E-state index in [0.717, 1.165) is 24.3 Å². The number of nitrogens with zero attached hydrogens (tertiary/aromatic N) is 1. The fourth-order valence-electron chi connectivity index (χ4n) is 1.52. The summed E-state index contributed by atoms with van der Waals surface area (Å²) in [5.41, 5.74) is 7.43. The molecule has 1 heterocycles. The summed E-state index contributed by atoms with van der Waals surface area (Å²) in [6, 6.07) is 9.17. The summed E-state index contributed by atoms with van der Waals surface area (Å²) < 4.78 is 11.1. The standard InChI is InChI=1S/C15H18N2O2/c1-3-8-18-12-4-6-13(7-5-12)19-15-9-14(16)11(2)10-17-15/h4-7,9-10H,3,8H2,1-2H3,(H2,16,17). The molecule has 2 rings (SSSR count). The van der Waals surface area contributed by atoms with Gasteiger partial charge in [0.15, 0.2) is 0 Å². The van der Waals surface area contributed by atoms with Gasteiger partial charge in [0.1, 0.15) is 11.5 Å². The third-order valence-electron chi connectivity index (χ3n) is 2.64. The van der Waals surface area contributed by atoms with Gasteiger partial charge >= 0.3 is 0 Å². The van der Waals surface area contributed by atoms with E-state index in [-0.39, 0.29) is 0 Å². The number of benzene rings is 1. The number of rotatable bonds is 5. The molecule has 19 heavy (non-hydrogen) atoms. The first-order chi connectivity index (χ1) is 9.19. The van der Waals surface area contributed by atoms with Crippen molar-refractivity contribution in [2.45, 2.75) is 20.3 Å². The summed E-state index contributed by atoms with van der Waals surface area (Å²) in [7, 11) is 0. The predicted octanol–water partition coefficient (Wildman–Crippen LogP) is 3.55. The van der Waals surface area contributed by atoms with Crippen molar-refractivity contribution in [3.8, 4) is 17.4 Å². The van der Waals surface area contributed by atoms with Crippen molar-refractivity contribution in [1.29, 1.82) is 0 Å². The Hall–Kier alpha value is -2.23. The lowest BCUT2D eigenvalue weighted by Crippen LogP contribution is -1.95. The third-order valence-corrected chi connectivity index (χ3v) is 2.64. The van der Waals surface area contributed by atoms with Crippen LogP contribution < -0.4 is 15.2 Å². The van der Waals surface area contributed by atoms with Crippen LogP contribution in [0, 0.1) is 6.92 Å². The summed E-state index contributed by atoms with van der Waals surface area (Å²) in [4.78, 5) is 4.17. The number of hydrogen-bond acceptors (Lipinski definition) is 4. The van der Waals surface area contributed by atoms with Crippen molar-refractivity contribution in [3.63, 3.8) is 0 Å². The number of pyridine rings is 1. The van der Waals surface area contributed by atoms with E-state index in [1.54, 1.807) is 12.3 Å². The van der Waals surface area contributed by atoms with E-state index < -0.39 is 0 Å². The highest BCUT2D eigenvalue weighted by molar-refractivity contribution is 5.48. The van der Waals surface area contributed by atoms with Crippen LogP contribution in [0.4, 0.5) is 5.69 Å². The molecule has 0 aliphatic carbocycles. The Kier molecular flexibility index (Phi) is 4.23. The maximum Gasteiger partial charge on any atom is 0.221 e. The molecule has 0 aliphatic rings. The van der Waals surface area contributed by atoms with Crippen molar-refractivity contribution in [2.24, 2.45) is 0 Å². The number of hydrogen-bond donors (Lipinski definition) is 1. The van der Waals surface area contributed by atoms with Crippen LogP contribution >= 0.6 is 0 Å².